The van der Waals surface area contributed by atoms with Gasteiger partial charge in [-0.15, -0.1) is 0 Å². The molecule has 0 aromatic heterocycles. The highest BCUT2D eigenvalue weighted by molar-refractivity contribution is 5.21. The van der Waals surface area contributed by atoms with Gasteiger partial charge in [0.2, 0.25) is 0 Å². The summed E-state index contributed by atoms with van der Waals surface area (Å²) >= 11 is 0. The number of aliphatic hydroxyl groups is 2. The Bertz CT molecular complexity index is 835. The van der Waals surface area contributed by atoms with Crippen LogP contribution < -0.4 is 4.74 Å². The van der Waals surface area contributed by atoms with Gasteiger partial charge in [0.1, 0.15) is 24.6 Å². The Morgan fingerprint density at radius 2 is 1.11 bits per heavy atom. The van der Waals surface area contributed by atoms with E-state index in [2.05, 4.69) is 27.7 Å². The molecule has 3 atom stereocenters. The lowest BCUT2D eigenvalue weighted by Crippen LogP contribution is -2.46. The minimum Gasteiger partial charge on any atom is -0.491 e. The fourth-order valence-corrected chi connectivity index (χ4v) is 4.52. The summed E-state index contributed by atoms with van der Waals surface area (Å²) in [5, 5.41) is 21.1. The summed E-state index contributed by atoms with van der Waals surface area (Å²) in [7, 11) is 0. The van der Waals surface area contributed by atoms with Crippen LogP contribution in [-0.2, 0) is 14.2 Å². The van der Waals surface area contributed by atoms with Crippen LogP contribution in [0.1, 0.15) is 78.4 Å². The summed E-state index contributed by atoms with van der Waals surface area (Å²) in [5.74, 6) is 0.726. The predicted molar refractivity (Wildman–Crippen MR) is 148 cm³/mol. The number of benzene rings is 2. The number of para-hydroxylation sites is 1. The molecule has 3 unspecified atom stereocenters. The Hall–Kier alpha value is -1.96. The zero-order chi connectivity index (χ0) is 27.2. The molecule has 2 rings (SSSR count). The normalized spacial score (nSPS) is 14.8. The molecule has 2 aromatic rings. The van der Waals surface area contributed by atoms with Gasteiger partial charge in [0.25, 0.3) is 0 Å². The van der Waals surface area contributed by atoms with E-state index in [4.69, 9.17) is 18.9 Å². The fraction of sp³-hybridized carbons (Fsp3) is 0.613. The van der Waals surface area contributed by atoms with Crippen molar-refractivity contribution in [3.05, 3.63) is 66.2 Å². The number of hydrogen-bond acceptors (Lipinski definition) is 6. The topological polar surface area (TPSA) is 77.4 Å². The molecule has 0 radical (unpaired) electrons. The molecule has 0 aliphatic rings. The van der Waals surface area contributed by atoms with Crippen molar-refractivity contribution >= 4 is 0 Å². The van der Waals surface area contributed by atoms with E-state index in [9.17, 15) is 10.2 Å². The van der Waals surface area contributed by atoms with Crippen LogP contribution in [0, 0.1) is 0 Å². The van der Waals surface area contributed by atoms with E-state index in [1.165, 1.54) is 0 Å². The lowest BCUT2D eigenvalue weighted by Gasteiger charge is -2.43. The van der Waals surface area contributed by atoms with E-state index in [1.54, 1.807) is 0 Å². The van der Waals surface area contributed by atoms with Gasteiger partial charge in [0, 0.05) is 6.42 Å². The first-order valence-corrected chi connectivity index (χ1v) is 13.8. The summed E-state index contributed by atoms with van der Waals surface area (Å²) < 4.78 is 24.4. The van der Waals surface area contributed by atoms with Crippen LogP contribution in [0.25, 0.3) is 0 Å². The molecule has 0 saturated heterocycles. The molecule has 208 valence electrons. The molecule has 0 amide bonds. The first kappa shape index (κ1) is 31.3. The Morgan fingerprint density at radius 1 is 0.649 bits per heavy atom. The maximum atomic E-state index is 10.6. The molecule has 0 fully saturated rings. The van der Waals surface area contributed by atoms with Crippen molar-refractivity contribution in [2.75, 3.05) is 26.4 Å². The molecule has 0 aliphatic carbocycles. The van der Waals surface area contributed by atoms with Gasteiger partial charge in [0.15, 0.2) is 0 Å². The van der Waals surface area contributed by atoms with Crippen LogP contribution >= 0.6 is 0 Å². The highest BCUT2D eigenvalue weighted by atomic mass is 16.5. The highest BCUT2D eigenvalue weighted by Crippen LogP contribution is 2.37. The van der Waals surface area contributed by atoms with E-state index in [1.807, 2.05) is 67.6 Å². The van der Waals surface area contributed by atoms with Gasteiger partial charge in [-0.25, -0.2) is 0 Å². The molecular weight excluding hydrogens is 468 g/mol. The Labute approximate surface area is 223 Å². The lowest BCUT2D eigenvalue weighted by molar-refractivity contribution is -0.163. The van der Waals surface area contributed by atoms with Crippen LogP contribution in [-0.4, -0.2) is 60.1 Å². The molecular formula is C31H48O6. The zero-order valence-corrected chi connectivity index (χ0v) is 23.4. The van der Waals surface area contributed by atoms with Gasteiger partial charge in [-0.05, 0) is 50.3 Å². The van der Waals surface area contributed by atoms with Crippen molar-refractivity contribution in [3.63, 3.8) is 0 Å². The SMILES string of the molecule is CCC(CC)(CC(CC)(CC)OCC(O)COC(C)c1ccccc1)OCC(O)COc1ccccc1. The fourth-order valence-electron chi connectivity index (χ4n) is 4.52. The van der Waals surface area contributed by atoms with Crippen LogP contribution in [0.15, 0.2) is 60.7 Å². The summed E-state index contributed by atoms with van der Waals surface area (Å²) in [5.41, 5.74) is 0.197. The quantitative estimate of drug-likeness (QED) is 0.235. The third kappa shape index (κ3) is 10.4. The van der Waals surface area contributed by atoms with E-state index in [-0.39, 0.29) is 32.5 Å². The molecule has 37 heavy (non-hydrogen) atoms. The molecule has 0 aliphatic heterocycles. The molecule has 0 spiro atoms. The molecule has 6 heteroatoms. The van der Waals surface area contributed by atoms with Gasteiger partial charge in [0.05, 0.1) is 37.1 Å². The van der Waals surface area contributed by atoms with Gasteiger partial charge >= 0.3 is 0 Å². The van der Waals surface area contributed by atoms with Crippen LogP contribution in [0.4, 0.5) is 0 Å². The van der Waals surface area contributed by atoms with Gasteiger partial charge in [-0.3, -0.25) is 0 Å². The standard InChI is InChI=1S/C31H48O6/c1-6-30(7-2,36-22-27(32)20-34-25(5)26-16-12-10-13-17-26)24-31(8-3,9-4)37-23-28(33)21-35-29-18-14-11-15-19-29/h10-19,25,27-28,32-33H,6-9,20-24H2,1-5H3. The third-order valence-corrected chi connectivity index (χ3v) is 7.38. The molecule has 0 bridgehead atoms. The van der Waals surface area contributed by atoms with E-state index in [0.717, 1.165) is 37.0 Å². The summed E-state index contributed by atoms with van der Waals surface area (Å²) in [6.45, 7) is 11.2. The monoisotopic (exact) mass is 516 g/mol. The Morgan fingerprint density at radius 3 is 1.59 bits per heavy atom. The second-order valence-corrected chi connectivity index (χ2v) is 9.90. The van der Waals surface area contributed by atoms with Gasteiger partial charge in [-0.2, -0.15) is 0 Å². The third-order valence-electron chi connectivity index (χ3n) is 7.38. The second-order valence-electron chi connectivity index (χ2n) is 9.90. The number of rotatable bonds is 19. The Balaban J connectivity index is 1.90. The molecule has 6 nitrogen and oxygen atoms in total. The van der Waals surface area contributed by atoms with Crippen LogP contribution in [0.2, 0.25) is 0 Å². The van der Waals surface area contributed by atoms with Crippen molar-refractivity contribution in [3.8, 4) is 5.75 Å². The first-order chi connectivity index (χ1) is 17.8. The molecule has 0 heterocycles. The van der Waals surface area contributed by atoms with E-state index in [0.29, 0.717) is 6.42 Å². The first-order valence-electron chi connectivity index (χ1n) is 13.8. The smallest absolute Gasteiger partial charge is 0.119 e. The summed E-state index contributed by atoms with van der Waals surface area (Å²) in [6, 6.07) is 19.4. The van der Waals surface area contributed by atoms with Crippen LogP contribution in [0.3, 0.4) is 0 Å². The lowest BCUT2D eigenvalue weighted by atomic mass is 9.80. The van der Waals surface area contributed by atoms with Gasteiger partial charge < -0.3 is 29.2 Å². The van der Waals surface area contributed by atoms with Crippen LogP contribution in [0.5, 0.6) is 5.75 Å². The minimum atomic E-state index is -0.734. The summed E-state index contributed by atoms with van der Waals surface area (Å²) in [4.78, 5) is 0. The molecule has 2 N–H and O–H groups in total. The largest absolute Gasteiger partial charge is 0.491 e. The van der Waals surface area contributed by atoms with Gasteiger partial charge in [-0.1, -0.05) is 76.2 Å². The number of aliphatic hydroxyl groups excluding tert-OH is 2. The average Bonchev–Trinajstić information content (AvgIpc) is 2.96. The molecule has 2 aromatic carbocycles. The maximum Gasteiger partial charge on any atom is 0.119 e. The minimum absolute atomic E-state index is 0.100. The Kier molecular flexibility index (Phi) is 13.6. The average molecular weight is 517 g/mol. The van der Waals surface area contributed by atoms with E-state index >= 15 is 0 Å². The van der Waals surface area contributed by atoms with Crippen molar-refractivity contribution in [2.24, 2.45) is 0 Å². The predicted octanol–water partition coefficient (Wildman–Crippen LogP) is 6.11. The maximum absolute atomic E-state index is 10.6. The zero-order valence-electron chi connectivity index (χ0n) is 23.4. The van der Waals surface area contributed by atoms with Crippen molar-refractivity contribution in [2.45, 2.75) is 96.2 Å². The highest BCUT2D eigenvalue weighted by Gasteiger charge is 2.40. The van der Waals surface area contributed by atoms with Crippen molar-refractivity contribution < 1.29 is 29.2 Å². The molecule has 0 saturated carbocycles. The van der Waals surface area contributed by atoms with Crippen molar-refractivity contribution in [1.82, 2.24) is 0 Å². The second kappa shape index (κ2) is 16.1. The van der Waals surface area contributed by atoms with Crippen molar-refractivity contribution in [1.29, 1.82) is 0 Å². The van der Waals surface area contributed by atoms with E-state index < -0.39 is 23.4 Å². The summed E-state index contributed by atoms with van der Waals surface area (Å²) in [6.07, 6.45) is 2.30. The number of hydrogen-bond donors (Lipinski definition) is 2. The number of ether oxygens (including phenoxy) is 4.